The summed E-state index contributed by atoms with van der Waals surface area (Å²) in [7, 11) is 0. The lowest BCUT2D eigenvalue weighted by atomic mass is 9.98. The average Bonchev–Trinajstić information content (AvgIpc) is 2.04. The van der Waals surface area contributed by atoms with Gasteiger partial charge in [0.05, 0.1) is 12.3 Å². The summed E-state index contributed by atoms with van der Waals surface area (Å²) in [5, 5.41) is 9.49. The summed E-state index contributed by atoms with van der Waals surface area (Å²) in [5.41, 5.74) is -0.740. The summed E-state index contributed by atoms with van der Waals surface area (Å²) in [4.78, 5) is 0. The van der Waals surface area contributed by atoms with Gasteiger partial charge in [-0.25, -0.2) is 0 Å². The number of rotatable bonds is 7. The molecule has 0 aromatic carbocycles. The van der Waals surface area contributed by atoms with Crippen LogP contribution in [0.15, 0.2) is 12.7 Å². The van der Waals surface area contributed by atoms with Crippen molar-refractivity contribution < 1.29 is 9.50 Å². The summed E-state index contributed by atoms with van der Waals surface area (Å²) in [6.07, 6.45) is 5.79. The zero-order valence-electron chi connectivity index (χ0n) is 7.85. The van der Waals surface area contributed by atoms with E-state index >= 15 is 0 Å². The zero-order chi connectivity index (χ0) is 9.45. The number of alkyl halides is 1. The van der Waals surface area contributed by atoms with Crippen LogP contribution in [-0.4, -0.2) is 17.4 Å². The second-order valence-electron chi connectivity index (χ2n) is 3.41. The van der Waals surface area contributed by atoms with Crippen LogP contribution in [0.5, 0.6) is 0 Å². The molecule has 0 bridgehead atoms. The Kier molecular flexibility index (Phi) is 5.99. The van der Waals surface area contributed by atoms with Crippen LogP contribution in [-0.2, 0) is 0 Å². The second-order valence-corrected chi connectivity index (χ2v) is 3.41. The number of hydrogen-bond acceptors (Lipinski definition) is 1. The molecule has 0 aliphatic rings. The van der Waals surface area contributed by atoms with Crippen molar-refractivity contribution in [2.45, 2.75) is 44.6 Å². The molecule has 0 saturated carbocycles. The highest BCUT2D eigenvalue weighted by molar-refractivity contribution is 4.91. The SMILES string of the molecule is C=CC(C)(O)CCCCCCF. The summed E-state index contributed by atoms with van der Waals surface area (Å²) in [6, 6.07) is 0. The number of hydrogen-bond donors (Lipinski definition) is 1. The van der Waals surface area contributed by atoms with Crippen molar-refractivity contribution in [3.05, 3.63) is 12.7 Å². The van der Waals surface area contributed by atoms with Crippen molar-refractivity contribution in [2.75, 3.05) is 6.67 Å². The van der Waals surface area contributed by atoms with E-state index in [9.17, 15) is 9.50 Å². The van der Waals surface area contributed by atoms with Crippen molar-refractivity contribution in [3.8, 4) is 0 Å². The molecule has 0 heterocycles. The van der Waals surface area contributed by atoms with Gasteiger partial charge in [0.1, 0.15) is 0 Å². The molecule has 0 aliphatic carbocycles. The molecule has 1 N–H and O–H groups in total. The van der Waals surface area contributed by atoms with E-state index in [1.54, 1.807) is 13.0 Å². The summed E-state index contributed by atoms with van der Waals surface area (Å²) in [5.74, 6) is 0. The third-order valence-electron chi connectivity index (χ3n) is 2.01. The zero-order valence-corrected chi connectivity index (χ0v) is 7.85. The van der Waals surface area contributed by atoms with Crippen LogP contribution >= 0.6 is 0 Å². The van der Waals surface area contributed by atoms with E-state index in [-0.39, 0.29) is 6.67 Å². The maximum absolute atomic E-state index is 11.7. The lowest BCUT2D eigenvalue weighted by molar-refractivity contribution is 0.0988. The predicted molar refractivity (Wildman–Crippen MR) is 49.9 cm³/mol. The highest BCUT2D eigenvalue weighted by Gasteiger charge is 2.13. The fourth-order valence-electron chi connectivity index (χ4n) is 1.03. The predicted octanol–water partition coefficient (Wildman–Crippen LogP) is 2.84. The molecule has 0 spiro atoms. The van der Waals surface area contributed by atoms with Gasteiger partial charge in [0.15, 0.2) is 0 Å². The van der Waals surface area contributed by atoms with E-state index in [1.165, 1.54) is 0 Å². The maximum atomic E-state index is 11.7. The maximum Gasteiger partial charge on any atom is 0.0894 e. The van der Waals surface area contributed by atoms with Gasteiger partial charge in [-0.2, -0.15) is 0 Å². The first-order chi connectivity index (χ1) is 5.62. The first-order valence-corrected chi connectivity index (χ1v) is 4.54. The van der Waals surface area contributed by atoms with Crippen LogP contribution in [0, 0.1) is 0 Å². The van der Waals surface area contributed by atoms with E-state index in [0.29, 0.717) is 6.42 Å². The molecule has 0 aromatic heterocycles. The molecular weight excluding hydrogens is 155 g/mol. The molecule has 0 radical (unpaired) electrons. The van der Waals surface area contributed by atoms with E-state index in [1.807, 2.05) is 0 Å². The normalized spacial score (nSPS) is 15.6. The van der Waals surface area contributed by atoms with Gasteiger partial charge in [0.25, 0.3) is 0 Å². The molecular formula is C10H19FO. The third-order valence-corrected chi connectivity index (χ3v) is 2.01. The largest absolute Gasteiger partial charge is 0.386 e. The minimum atomic E-state index is -0.740. The Bertz CT molecular complexity index is 121. The Morgan fingerprint density at radius 2 is 1.92 bits per heavy atom. The molecule has 0 aromatic rings. The fourth-order valence-corrected chi connectivity index (χ4v) is 1.03. The first kappa shape index (κ1) is 11.6. The van der Waals surface area contributed by atoms with Crippen molar-refractivity contribution in [3.63, 3.8) is 0 Å². The van der Waals surface area contributed by atoms with E-state index < -0.39 is 5.60 Å². The van der Waals surface area contributed by atoms with E-state index in [0.717, 1.165) is 25.7 Å². The Balaban J connectivity index is 3.25. The molecule has 72 valence electrons. The van der Waals surface area contributed by atoms with Crippen molar-refractivity contribution in [1.29, 1.82) is 0 Å². The second kappa shape index (κ2) is 6.18. The Morgan fingerprint density at radius 1 is 1.33 bits per heavy atom. The Labute approximate surface area is 74.3 Å². The third kappa shape index (κ3) is 6.35. The lowest BCUT2D eigenvalue weighted by Gasteiger charge is -2.17. The average molecular weight is 174 g/mol. The van der Waals surface area contributed by atoms with Crippen molar-refractivity contribution in [2.24, 2.45) is 0 Å². The standard InChI is InChI=1S/C10H19FO/c1-3-10(2,12)8-6-4-5-7-9-11/h3,12H,1,4-9H2,2H3. The summed E-state index contributed by atoms with van der Waals surface area (Å²) >= 11 is 0. The van der Waals surface area contributed by atoms with Gasteiger partial charge in [-0.05, 0) is 19.8 Å². The molecule has 12 heavy (non-hydrogen) atoms. The van der Waals surface area contributed by atoms with Crippen LogP contribution < -0.4 is 0 Å². The minimum Gasteiger partial charge on any atom is -0.386 e. The minimum absolute atomic E-state index is 0.224. The highest BCUT2D eigenvalue weighted by Crippen LogP contribution is 2.15. The quantitative estimate of drug-likeness (QED) is 0.465. The number of halogens is 1. The molecule has 0 fully saturated rings. The molecule has 0 aliphatic heterocycles. The van der Waals surface area contributed by atoms with E-state index in [4.69, 9.17) is 0 Å². The molecule has 0 amide bonds. The van der Waals surface area contributed by atoms with Gasteiger partial charge in [-0.1, -0.05) is 25.3 Å². The first-order valence-electron chi connectivity index (χ1n) is 4.54. The smallest absolute Gasteiger partial charge is 0.0894 e. The van der Waals surface area contributed by atoms with Crippen LogP contribution in [0.25, 0.3) is 0 Å². The molecule has 0 rings (SSSR count). The van der Waals surface area contributed by atoms with Gasteiger partial charge in [-0.3, -0.25) is 4.39 Å². The van der Waals surface area contributed by atoms with Gasteiger partial charge < -0.3 is 5.11 Å². The summed E-state index contributed by atoms with van der Waals surface area (Å²) in [6.45, 7) is 5.06. The van der Waals surface area contributed by atoms with E-state index in [2.05, 4.69) is 6.58 Å². The Hall–Kier alpha value is -0.370. The van der Waals surface area contributed by atoms with Crippen LogP contribution in [0.4, 0.5) is 4.39 Å². The van der Waals surface area contributed by atoms with Crippen molar-refractivity contribution >= 4 is 0 Å². The molecule has 2 heteroatoms. The lowest BCUT2D eigenvalue weighted by Crippen LogP contribution is -2.19. The van der Waals surface area contributed by atoms with Crippen LogP contribution in [0.1, 0.15) is 39.0 Å². The molecule has 1 atom stereocenters. The highest BCUT2D eigenvalue weighted by atomic mass is 19.1. The monoisotopic (exact) mass is 174 g/mol. The molecule has 1 unspecified atom stereocenters. The Morgan fingerprint density at radius 3 is 2.42 bits per heavy atom. The van der Waals surface area contributed by atoms with Crippen LogP contribution in [0.3, 0.4) is 0 Å². The fraction of sp³-hybridized carbons (Fsp3) is 0.800. The topological polar surface area (TPSA) is 20.2 Å². The van der Waals surface area contributed by atoms with Gasteiger partial charge >= 0.3 is 0 Å². The molecule has 0 saturated heterocycles. The van der Waals surface area contributed by atoms with Gasteiger partial charge in [0, 0.05) is 0 Å². The summed E-state index contributed by atoms with van der Waals surface area (Å²) < 4.78 is 11.7. The van der Waals surface area contributed by atoms with Crippen LogP contribution in [0.2, 0.25) is 0 Å². The molecule has 1 nitrogen and oxygen atoms in total. The number of unbranched alkanes of at least 4 members (excludes halogenated alkanes) is 3. The number of aliphatic hydroxyl groups is 1. The van der Waals surface area contributed by atoms with Gasteiger partial charge in [0.2, 0.25) is 0 Å². The van der Waals surface area contributed by atoms with Gasteiger partial charge in [-0.15, -0.1) is 6.58 Å². The van der Waals surface area contributed by atoms with Crippen molar-refractivity contribution in [1.82, 2.24) is 0 Å².